The minimum atomic E-state index is -0.293. The predicted octanol–water partition coefficient (Wildman–Crippen LogP) is 2.32. The monoisotopic (exact) mass is 285 g/mol. The van der Waals surface area contributed by atoms with Crippen LogP contribution in [0.4, 0.5) is 16.2 Å². The van der Waals surface area contributed by atoms with Crippen LogP contribution in [0.15, 0.2) is 42.5 Å². The van der Waals surface area contributed by atoms with Crippen LogP contribution in [0, 0.1) is 0 Å². The number of rotatable bonds is 3. The molecule has 4 N–H and O–H groups in total. The van der Waals surface area contributed by atoms with Crippen LogP contribution in [-0.2, 0) is 6.54 Å². The molecule has 2 aromatic carbocycles. The topological polar surface area (TPSA) is 85.6 Å². The molecule has 0 aromatic heterocycles. The van der Waals surface area contributed by atoms with Crippen molar-refractivity contribution in [3.8, 4) is 11.5 Å². The highest BCUT2D eigenvalue weighted by Crippen LogP contribution is 2.32. The molecule has 0 saturated heterocycles. The van der Waals surface area contributed by atoms with Gasteiger partial charge in [-0.25, -0.2) is 4.79 Å². The van der Waals surface area contributed by atoms with Crippen molar-refractivity contribution in [3.05, 3.63) is 48.0 Å². The molecule has 0 aliphatic carbocycles. The molecule has 108 valence electrons. The number of hydrogen-bond acceptors (Lipinski definition) is 4. The van der Waals surface area contributed by atoms with Gasteiger partial charge in [-0.15, -0.1) is 0 Å². The van der Waals surface area contributed by atoms with Gasteiger partial charge in [0.2, 0.25) is 6.79 Å². The molecule has 0 saturated carbocycles. The molecular formula is C15H15N3O3. The van der Waals surface area contributed by atoms with Gasteiger partial charge in [0, 0.05) is 17.9 Å². The summed E-state index contributed by atoms with van der Waals surface area (Å²) in [7, 11) is 0. The Kier molecular flexibility index (Phi) is 3.51. The van der Waals surface area contributed by atoms with Gasteiger partial charge >= 0.3 is 6.03 Å². The van der Waals surface area contributed by atoms with Crippen LogP contribution in [0.1, 0.15) is 5.56 Å². The van der Waals surface area contributed by atoms with Crippen molar-refractivity contribution in [3.63, 3.8) is 0 Å². The minimum absolute atomic E-state index is 0.238. The lowest BCUT2D eigenvalue weighted by molar-refractivity contribution is 0.174. The van der Waals surface area contributed by atoms with Crippen molar-refractivity contribution in [2.45, 2.75) is 6.54 Å². The summed E-state index contributed by atoms with van der Waals surface area (Å²) in [6.45, 7) is 0.632. The maximum atomic E-state index is 11.8. The number of nitrogens with two attached hydrogens (primary N) is 1. The standard InChI is InChI=1S/C15H15N3O3/c16-11-2-1-3-12(7-11)18-15(19)17-8-10-4-5-13-14(6-10)21-9-20-13/h1-7H,8-9,16H2,(H2,17,18,19). The third kappa shape index (κ3) is 3.17. The van der Waals surface area contributed by atoms with E-state index in [4.69, 9.17) is 15.2 Å². The van der Waals surface area contributed by atoms with Crippen LogP contribution in [0.25, 0.3) is 0 Å². The molecule has 1 heterocycles. The summed E-state index contributed by atoms with van der Waals surface area (Å²) >= 11 is 0. The lowest BCUT2D eigenvalue weighted by Crippen LogP contribution is -2.28. The molecule has 1 aliphatic rings. The average molecular weight is 285 g/mol. The van der Waals surface area contributed by atoms with Gasteiger partial charge in [0.15, 0.2) is 11.5 Å². The third-order valence-electron chi connectivity index (χ3n) is 3.03. The zero-order valence-electron chi connectivity index (χ0n) is 11.3. The fourth-order valence-electron chi connectivity index (χ4n) is 2.02. The smallest absolute Gasteiger partial charge is 0.319 e. The van der Waals surface area contributed by atoms with E-state index < -0.39 is 0 Å². The van der Waals surface area contributed by atoms with E-state index in [1.807, 2.05) is 18.2 Å². The Bertz CT molecular complexity index is 673. The maximum absolute atomic E-state index is 11.8. The average Bonchev–Trinajstić information content (AvgIpc) is 2.92. The van der Waals surface area contributed by atoms with Gasteiger partial charge in [-0.3, -0.25) is 0 Å². The largest absolute Gasteiger partial charge is 0.454 e. The fourth-order valence-corrected chi connectivity index (χ4v) is 2.02. The van der Waals surface area contributed by atoms with E-state index in [1.54, 1.807) is 24.3 Å². The highest BCUT2D eigenvalue weighted by molar-refractivity contribution is 5.89. The Labute approximate surface area is 121 Å². The van der Waals surface area contributed by atoms with Crippen molar-refractivity contribution in [2.75, 3.05) is 17.8 Å². The normalized spacial score (nSPS) is 12.0. The molecule has 6 nitrogen and oxygen atoms in total. The first-order chi connectivity index (χ1) is 10.2. The van der Waals surface area contributed by atoms with E-state index in [2.05, 4.69) is 10.6 Å². The van der Waals surface area contributed by atoms with Crippen molar-refractivity contribution in [1.82, 2.24) is 5.32 Å². The summed E-state index contributed by atoms with van der Waals surface area (Å²) in [4.78, 5) is 11.8. The highest BCUT2D eigenvalue weighted by Gasteiger charge is 2.13. The van der Waals surface area contributed by atoms with Gasteiger partial charge < -0.3 is 25.8 Å². The third-order valence-corrected chi connectivity index (χ3v) is 3.03. The van der Waals surface area contributed by atoms with Crippen LogP contribution in [0.2, 0.25) is 0 Å². The minimum Gasteiger partial charge on any atom is -0.454 e. The number of carbonyl (C=O) groups excluding carboxylic acids is 1. The molecule has 1 aliphatic heterocycles. The molecule has 0 unspecified atom stereocenters. The van der Waals surface area contributed by atoms with E-state index in [-0.39, 0.29) is 12.8 Å². The van der Waals surface area contributed by atoms with E-state index in [0.29, 0.717) is 23.7 Å². The number of ether oxygens (including phenoxy) is 2. The first-order valence-corrected chi connectivity index (χ1v) is 6.49. The Balaban J connectivity index is 1.56. The summed E-state index contributed by atoms with van der Waals surface area (Å²) in [5.74, 6) is 1.42. The van der Waals surface area contributed by atoms with Crippen molar-refractivity contribution >= 4 is 17.4 Å². The number of hydrogen-bond donors (Lipinski definition) is 3. The highest BCUT2D eigenvalue weighted by atomic mass is 16.7. The molecule has 0 spiro atoms. The molecular weight excluding hydrogens is 270 g/mol. The van der Waals surface area contributed by atoms with Crippen LogP contribution in [-0.4, -0.2) is 12.8 Å². The molecule has 3 rings (SSSR count). The van der Waals surface area contributed by atoms with Crippen molar-refractivity contribution in [1.29, 1.82) is 0 Å². The van der Waals surface area contributed by atoms with E-state index in [1.165, 1.54) is 0 Å². The zero-order valence-corrected chi connectivity index (χ0v) is 11.3. The molecule has 21 heavy (non-hydrogen) atoms. The Morgan fingerprint density at radius 1 is 1.14 bits per heavy atom. The summed E-state index contributed by atoms with van der Waals surface area (Å²) in [6.07, 6.45) is 0. The number of nitrogens with one attached hydrogen (secondary N) is 2. The van der Waals surface area contributed by atoms with Gasteiger partial charge in [0.25, 0.3) is 0 Å². The Hall–Kier alpha value is -2.89. The molecule has 0 radical (unpaired) electrons. The lowest BCUT2D eigenvalue weighted by atomic mass is 10.2. The maximum Gasteiger partial charge on any atom is 0.319 e. The molecule has 0 atom stereocenters. The predicted molar refractivity (Wildman–Crippen MR) is 79.3 cm³/mol. The fraction of sp³-hybridized carbons (Fsp3) is 0.133. The van der Waals surface area contributed by atoms with Gasteiger partial charge in [0.1, 0.15) is 0 Å². The summed E-state index contributed by atoms with van der Waals surface area (Å²) in [5.41, 5.74) is 7.84. The SMILES string of the molecule is Nc1cccc(NC(=O)NCc2ccc3c(c2)OCO3)c1. The zero-order chi connectivity index (χ0) is 14.7. The molecule has 0 bridgehead atoms. The molecule has 2 aromatic rings. The van der Waals surface area contributed by atoms with Gasteiger partial charge in [-0.1, -0.05) is 12.1 Å². The second-order valence-corrected chi connectivity index (χ2v) is 4.62. The molecule has 6 heteroatoms. The van der Waals surface area contributed by atoms with Crippen molar-refractivity contribution < 1.29 is 14.3 Å². The number of carbonyl (C=O) groups is 1. The molecule has 0 fully saturated rings. The van der Waals surface area contributed by atoms with Gasteiger partial charge in [-0.2, -0.15) is 0 Å². The summed E-state index contributed by atoms with van der Waals surface area (Å²) < 4.78 is 10.5. The van der Waals surface area contributed by atoms with Crippen molar-refractivity contribution in [2.24, 2.45) is 0 Å². The first kappa shape index (κ1) is 13.1. The van der Waals surface area contributed by atoms with Crippen LogP contribution >= 0.6 is 0 Å². The first-order valence-electron chi connectivity index (χ1n) is 6.49. The van der Waals surface area contributed by atoms with Crippen LogP contribution in [0.5, 0.6) is 11.5 Å². The summed E-state index contributed by atoms with van der Waals surface area (Å²) in [6, 6.07) is 12.3. The number of urea groups is 1. The number of anilines is 2. The second-order valence-electron chi connectivity index (χ2n) is 4.62. The number of fused-ring (bicyclic) bond motifs is 1. The Morgan fingerprint density at radius 2 is 2.00 bits per heavy atom. The quantitative estimate of drug-likeness (QED) is 0.755. The molecule has 2 amide bonds. The van der Waals surface area contributed by atoms with Gasteiger partial charge in [-0.05, 0) is 35.9 Å². The van der Waals surface area contributed by atoms with E-state index >= 15 is 0 Å². The lowest BCUT2D eigenvalue weighted by Gasteiger charge is -2.08. The van der Waals surface area contributed by atoms with Gasteiger partial charge in [0.05, 0.1) is 0 Å². The van der Waals surface area contributed by atoms with Crippen LogP contribution < -0.4 is 25.8 Å². The number of amides is 2. The summed E-state index contributed by atoms with van der Waals surface area (Å²) in [5, 5.41) is 5.49. The van der Waals surface area contributed by atoms with E-state index in [9.17, 15) is 4.79 Å². The Morgan fingerprint density at radius 3 is 2.86 bits per heavy atom. The second kappa shape index (κ2) is 5.62. The number of benzene rings is 2. The van der Waals surface area contributed by atoms with Crippen LogP contribution in [0.3, 0.4) is 0 Å². The van der Waals surface area contributed by atoms with E-state index in [0.717, 1.165) is 11.3 Å². The number of nitrogen functional groups attached to an aromatic ring is 1.